The normalized spacial score (nSPS) is 12.8. The van der Waals surface area contributed by atoms with Crippen LogP contribution in [0.1, 0.15) is 28.7 Å². The Kier molecular flexibility index (Phi) is 5.23. The van der Waals surface area contributed by atoms with E-state index in [-0.39, 0.29) is 5.82 Å². The molecule has 0 bridgehead atoms. The summed E-state index contributed by atoms with van der Waals surface area (Å²) in [5.41, 5.74) is 3.68. The number of aryl methyl sites for hydroxylation is 1. The monoisotopic (exact) mass is 294 g/mol. The molecule has 5 heteroatoms. The lowest BCUT2D eigenvalue weighted by Crippen LogP contribution is -2.20. The summed E-state index contributed by atoms with van der Waals surface area (Å²) in [6.07, 6.45) is 0.0700. The summed E-state index contributed by atoms with van der Waals surface area (Å²) in [7, 11) is 2.02. The third kappa shape index (κ3) is 4.10. The Morgan fingerprint density at radius 1 is 1.35 bits per heavy atom. The molecule has 20 heavy (non-hydrogen) atoms. The van der Waals surface area contributed by atoms with Crippen molar-refractivity contribution in [3.05, 3.63) is 51.7 Å². The number of nitrogens with zero attached hydrogens (tertiary/aromatic N) is 2. The van der Waals surface area contributed by atoms with Gasteiger partial charge in [-0.2, -0.15) is 0 Å². The van der Waals surface area contributed by atoms with E-state index < -0.39 is 6.10 Å². The average molecular weight is 294 g/mol. The van der Waals surface area contributed by atoms with E-state index in [1.54, 1.807) is 23.5 Å². The van der Waals surface area contributed by atoms with Crippen molar-refractivity contribution in [2.75, 3.05) is 13.6 Å². The Bertz CT molecular complexity index is 541. The minimum atomic E-state index is -0.555. The molecule has 0 spiro atoms. The van der Waals surface area contributed by atoms with Crippen molar-refractivity contribution in [1.82, 2.24) is 9.88 Å². The number of aliphatic hydroxyl groups is 1. The van der Waals surface area contributed by atoms with Gasteiger partial charge in [-0.1, -0.05) is 12.1 Å². The molecule has 0 radical (unpaired) electrons. The van der Waals surface area contributed by atoms with Gasteiger partial charge in [0.05, 0.1) is 17.3 Å². The van der Waals surface area contributed by atoms with Gasteiger partial charge in [-0.15, -0.1) is 11.3 Å². The fourth-order valence-corrected chi connectivity index (χ4v) is 2.85. The molecular weight excluding hydrogens is 275 g/mol. The second-order valence-corrected chi connectivity index (χ2v) is 5.89. The topological polar surface area (TPSA) is 36.4 Å². The Morgan fingerprint density at radius 3 is 2.65 bits per heavy atom. The summed E-state index contributed by atoms with van der Waals surface area (Å²) in [5.74, 6) is -0.279. The summed E-state index contributed by atoms with van der Waals surface area (Å²) >= 11 is 1.65. The number of thiazole rings is 1. The minimum absolute atomic E-state index is 0.279. The molecule has 3 nitrogen and oxygen atoms in total. The molecule has 0 saturated carbocycles. The van der Waals surface area contributed by atoms with Crippen LogP contribution >= 0.6 is 11.3 Å². The molecule has 1 atom stereocenters. The fourth-order valence-electron chi connectivity index (χ4n) is 2.00. The molecule has 0 saturated heterocycles. The molecule has 1 N–H and O–H groups in total. The zero-order valence-electron chi connectivity index (χ0n) is 11.7. The number of rotatable bonds is 6. The third-order valence-electron chi connectivity index (χ3n) is 3.30. The molecule has 0 aliphatic rings. The lowest BCUT2D eigenvalue weighted by molar-refractivity contribution is 0.148. The highest BCUT2D eigenvalue weighted by Crippen LogP contribution is 2.19. The third-order valence-corrected chi connectivity index (χ3v) is 4.22. The first kappa shape index (κ1) is 15.1. The van der Waals surface area contributed by atoms with Crippen LogP contribution in [0.2, 0.25) is 0 Å². The molecule has 0 amide bonds. The van der Waals surface area contributed by atoms with E-state index in [0.717, 1.165) is 24.3 Å². The molecule has 0 aliphatic heterocycles. The Labute approximate surface area is 122 Å². The number of aromatic nitrogens is 1. The van der Waals surface area contributed by atoms with Crippen molar-refractivity contribution in [3.63, 3.8) is 0 Å². The lowest BCUT2D eigenvalue weighted by Gasteiger charge is -2.18. The maximum atomic E-state index is 12.8. The largest absolute Gasteiger partial charge is 0.388 e. The van der Waals surface area contributed by atoms with Crippen LogP contribution in [0.3, 0.4) is 0 Å². The molecule has 108 valence electrons. The van der Waals surface area contributed by atoms with Crippen molar-refractivity contribution >= 4 is 11.3 Å². The Hall–Kier alpha value is -1.30. The number of hydrogen-bond acceptors (Lipinski definition) is 4. The fraction of sp³-hybridized carbons (Fsp3) is 0.400. The van der Waals surface area contributed by atoms with Crippen LogP contribution < -0.4 is 0 Å². The van der Waals surface area contributed by atoms with Crippen LogP contribution in [0.25, 0.3) is 0 Å². The first-order chi connectivity index (χ1) is 9.56. The van der Waals surface area contributed by atoms with Gasteiger partial charge < -0.3 is 10.0 Å². The minimum Gasteiger partial charge on any atom is -0.388 e. The average Bonchev–Trinajstić information content (AvgIpc) is 2.82. The van der Waals surface area contributed by atoms with Gasteiger partial charge in [-0.3, -0.25) is 0 Å². The van der Waals surface area contributed by atoms with Crippen LogP contribution in [-0.2, 0) is 6.54 Å². The maximum Gasteiger partial charge on any atom is 0.123 e. The number of benzene rings is 1. The van der Waals surface area contributed by atoms with E-state index in [1.807, 2.05) is 19.5 Å². The number of aliphatic hydroxyl groups excluding tert-OH is 1. The van der Waals surface area contributed by atoms with Gasteiger partial charge in [0.2, 0.25) is 0 Å². The van der Waals surface area contributed by atoms with Gasteiger partial charge >= 0.3 is 0 Å². The first-order valence-electron chi connectivity index (χ1n) is 6.57. The Morgan fingerprint density at radius 2 is 2.05 bits per heavy atom. The van der Waals surface area contributed by atoms with E-state index in [2.05, 4.69) is 9.88 Å². The maximum absolute atomic E-state index is 12.8. The van der Waals surface area contributed by atoms with Crippen LogP contribution in [0.4, 0.5) is 4.39 Å². The summed E-state index contributed by atoms with van der Waals surface area (Å²) in [6.45, 7) is 3.62. The van der Waals surface area contributed by atoms with Gasteiger partial charge in [0.1, 0.15) is 5.82 Å². The summed E-state index contributed by atoms with van der Waals surface area (Å²) in [4.78, 5) is 7.64. The summed E-state index contributed by atoms with van der Waals surface area (Å²) < 4.78 is 12.8. The zero-order chi connectivity index (χ0) is 14.5. The van der Waals surface area contributed by atoms with Gasteiger partial charge in [0, 0.05) is 18.0 Å². The molecule has 2 rings (SSSR count). The van der Waals surface area contributed by atoms with Gasteiger partial charge in [-0.25, -0.2) is 9.37 Å². The molecule has 2 aromatic rings. The van der Waals surface area contributed by atoms with E-state index >= 15 is 0 Å². The molecular formula is C15H19FN2OS. The van der Waals surface area contributed by atoms with E-state index in [0.29, 0.717) is 6.42 Å². The molecule has 0 aliphatic carbocycles. The molecule has 1 aromatic carbocycles. The lowest BCUT2D eigenvalue weighted by atomic mass is 10.1. The van der Waals surface area contributed by atoms with Gasteiger partial charge in [0.25, 0.3) is 0 Å². The van der Waals surface area contributed by atoms with Crippen molar-refractivity contribution in [1.29, 1.82) is 0 Å². The van der Waals surface area contributed by atoms with Crippen molar-refractivity contribution in [2.45, 2.75) is 26.0 Å². The van der Waals surface area contributed by atoms with Crippen LogP contribution in [-0.4, -0.2) is 28.6 Å². The van der Waals surface area contributed by atoms with Crippen LogP contribution in [0, 0.1) is 12.7 Å². The summed E-state index contributed by atoms with van der Waals surface area (Å²) in [6, 6.07) is 6.02. The summed E-state index contributed by atoms with van der Waals surface area (Å²) in [5, 5.41) is 10.1. The highest BCUT2D eigenvalue weighted by Gasteiger charge is 2.10. The molecule has 1 unspecified atom stereocenters. The SMILES string of the molecule is Cc1ncsc1CN(C)CCC(O)c1ccc(F)cc1. The predicted molar refractivity (Wildman–Crippen MR) is 79.2 cm³/mol. The smallest absolute Gasteiger partial charge is 0.123 e. The highest BCUT2D eigenvalue weighted by molar-refractivity contribution is 7.09. The van der Waals surface area contributed by atoms with Crippen molar-refractivity contribution in [2.24, 2.45) is 0 Å². The van der Waals surface area contributed by atoms with Crippen molar-refractivity contribution < 1.29 is 9.50 Å². The zero-order valence-corrected chi connectivity index (χ0v) is 12.5. The second kappa shape index (κ2) is 6.92. The van der Waals surface area contributed by atoms with E-state index in [9.17, 15) is 9.50 Å². The molecule has 1 heterocycles. The molecule has 0 fully saturated rings. The Balaban J connectivity index is 1.82. The number of halogens is 1. The quantitative estimate of drug-likeness (QED) is 0.889. The van der Waals surface area contributed by atoms with E-state index in [1.165, 1.54) is 17.0 Å². The standard InChI is InChI=1S/C15H19FN2OS/c1-11-15(20-10-17-11)9-18(2)8-7-14(19)12-3-5-13(16)6-4-12/h3-6,10,14,19H,7-9H2,1-2H3. The van der Waals surface area contributed by atoms with Crippen LogP contribution in [0.15, 0.2) is 29.8 Å². The molecule has 1 aromatic heterocycles. The number of hydrogen-bond donors (Lipinski definition) is 1. The van der Waals surface area contributed by atoms with E-state index in [4.69, 9.17) is 0 Å². The predicted octanol–water partition coefficient (Wildman–Crippen LogP) is 3.15. The second-order valence-electron chi connectivity index (χ2n) is 4.95. The van der Waals surface area contributed by atoms with Crippen LogP contribution in [0.5, 0.6) is 0 Å². The highest BCUT2D eigenvalue weighted by atomic mass is 32.1. The first-order valence-corrected chi connectivity index (χ1v) is 7.45. The van der Waals surface area contributed by atoms with Gasteiger partial charge in [0.15, 0.2) is 0 Å². The van der Waals surface area contributed by atoms with Gasteiger partial charge in [-0.05, 0) is 38.1 Å². The van der Waals surface area contributed by atoms with Crippen molar-refractivity contribution in [3.8, 4) is 0 Å².